The van der Waals surface area contributed by atoms with E-state index in [0.717, 1.165) is 22.6 Å². The number of para-hydroxylation sites is 2. The number of aryl methyl sites for hydroxylation is 1. The Morgan fingerprint density at radius 1 is 1.00 bits per heavy atom. The molecule has 1 aromatic heterocycles. The molecule has 4 rings (SSSR count). The first-order valence-corrected chi connectivity index (χ1v) is 11.7. The number of thioether (sulfide) groups is 1. The molecule has 3 aromatic carbocycles. The fourth-order valence-corrected chi connectivity index (χ4v) is 4.29. The monoisotopic (exact) mass is 459 g/mol. The summed E-state index contributed by atoms with van der Waals surface area (Å²) in [6, 6.07) is 22.6. The molecule has 1 N–H and O–H groups in total. The van der Waals surface area contributed by atoms with Crippen molar-refractivity contribution < 1.29 is 9.53 Å². The molecule has 1 amide bonds. The quantitative estimate of drug-likeness (QED) is 0.242. The van der Waals surface area contributed by atoms with Gasteiger partial charge in [0.1, 0.15) is 12.4 Å². The summed E-state index contributed by atoms with van der Waals surface area (Å²) in [5.41, 5.74) is 3.33. The molecule has 0 saturated heterocycles. The van der Waals surface area contributed by atoms with Gasteiger partial charge in [0, 0.05) is 0 Å². The highest BCUT2D eigenvalue weighted by Crippen LogP contribution is 2.24. The van der Waals surface area contributed by atoms with Gasteiger partial charge in [0.2, 0.25) is 5.91 Å². The van der Waals surface area contributed by atoms with E-state index in [0.29, 0.717) is 29.2 Å². The third-order valence-corrected chi connectivity index (χ3v) is 6.27. The molecule has 33 heavy (non-hydrogen) atoms. The van der Waals surface area contributed by atoms with Crippen LogP contribution < -0.4 is 15.6 Å². The first-order chi connectivity index (χ1) is 16.0. The molecule has 0 unspecified atom stereocenters. The minimum Gasteiger partial charge on any atom is -0.492 e. The van der Waals surface area contributed by atoms with Gasteiger partial charge in [-0.1, -0.05) is 54.2 Å². The zero-order valence-corrected chi connectivity index (χ0v) is 19.4. The van der Waals surface area contributed by atoms with Crippen LogP contribution in [0.25, 0.3) is 16.6 Å². The number of carbonyl (C=O) groups excluding carboxylic acids is 1. The Balaban J connectivity index is 1.51. The van der Waals surface area contributed by atoms with Crippen molar-refractivity contribution in [3.63, 3.8) is 0 Å². The summed E-state index contributed by atoms with van der Waals surface area (Å²) < 4.78 is 7.22. The molecule has 0 aliphatic carbocycles. The smallest absolute Gasteiger partial charge is 0.266 e. The number of amides is 1. The van der Waals surface area contributed by atoms with Crippen molar-refractivity contribution in [2.45, 2.75) is 19.0 Å². The van der Waals surface area contributed by atoms with Gasteiger partial charge >= 0.3 is 0 Å². The highest BCUT2D eigenvalue weighted by Gasteiger charge is 2.16. The Bertz CT molecular complexity index is 1340. The largest absolute Gasteiger partial charge is 0.492 e. The maximum Gasteiger partial charge on any atom is 0.266 e. The number of carbonyl (C=O) groups is 1. The number of hydrogen-bond donors (Lipinski definition) is 1. The molecule has 6 nitrogen and oxygen atoms in total. The molecule has 0 radical (unpaired) electrons. The summed E-state index contributed by atoms with van der Waals surface area (Å²) in [5, 5.41) is 3.89. The van der Waals surface area contributed by atoms with Gasteiger partial charge in [0.25, 0.3) is 5.56 Å². The molecule has 1 heterocycles. The number of fused-ring (bicyclic) bond motifs is 1. The van der Waals surface area contributed by atoms with E-state index in [1.54, 1.807) is 10.6 Å². The normalized spacial score (nSPS) is 10.8. The Labute approximate surface area is 196 Å². The summed E-state index contributed by atoms with van der Waals surface area (Å²) >= 11 is 1.25. The minimum atomic E-state index is -0.147. The minimum absolute atomic E-state index is 0.140. The molecule has 0 spiro atoms. The van der Waals surface area contributed by atoms with Crippen molar-refractivity contribution in [2.24, 2.45) is 0 Å². The molecule has 7 heteroatoms. The Morgan fingerprint density at radius 3 is 2.58 bits per heavy atom. The molecule has 0 fully saturated rings. The Hall–Kier alpha value is -3.58. The lowest BCUT2D eigenvalue weighted by Gasteiger charge is -2.16. The van der Waals surface area contributed by atoms with E-state index in [-0.39, 0.29) is 17.2 Å². The summed E-state index contributed by atoms with van der Waals surface area (Å²) in [4.78, 5) is 30.6. The van der Waals surface area contributed by atoms with E-state index in [2.05, 4.69) is 5.32 Å². The van der Waals surface area contributed by atoms with E-state index in [1.165, 1.54) is 11.8 Å². The van der Waals surface area contributed by atoms with Gasteiger partial charge < -0.3 is 10.1 Å². The number of ether oxygens (including phenoxy) is 1. The van der Waals surface area contributed by atoms with Crippen LogP contribution in [-0.4, -0.2) is 34.4 Å². The number of benzene rings is 3. The van der Waals surface area contributed by atoms with Gasteiger partial charge in [-0.05, 0) is 55.3 Å². The van der Waals surface area contributed by atoms with Crippen LogP contribution in [0.4, 0.5) is 0 Å². The van der Waals surface area contributed by atoms with E-state index in [9.17, 15) is 9.59 Å². The first kappa shape index (κ1) is 22.6. The topological polar surface area (TPSA) is 73.2 Å². The average Bonchev–Trinajstić information content (AvgIpc) is 2.83. The number of aromatic nitrogens is 2. The zero-order valence-electron chi connectivity index (χ0n) is 18.6. The van der Waals surface area contributed by atoms with E-state index >= 15 is 0 Å². The summed E-state index contributed by atoms with van der Waals surface area (Å²) in [5.74, 6) is 0.756. The molecular weight excluding hydrogens is 434 g/mol. The van der Waals surface area contributed by atoms with Gasteiger partial charge in [0.05, 0.1) is 28.9 Å². The van der Waals surface area contributed by atoms with Crippen molar-refractivity contribution in [2.75, 3.05) is 18.9 Å². The zero-order chi connectivity index (χ0) is 23.2. The number of nitrogens with one attached hydrogen (secondary N) is 1. The molecule has 4 aromatic rings. The molecule has 0 bridgehead atoms. The Kier molecular flexibility index (Phi) is 7.10. The summed E-state index contributed by atoms with van der Waals surface area (Å²) in [6.07, 6.45) is 0. The third-order valence-electron chi connectivity index (χ3n) is 5.33. The average molecular weight is 460 g/mol. The van der Waals surface area contributed by atoms with Gasteiger partial charge in [-0.3, -0.25) is 14.2 Å². The second-order valence-electron chi connectivity index (χ2n) is 7.57. The molecule has 168 valence electrons. The van der Waals surface area contributed by atoms with Crippen LogP contribution in [0.2, 0.25) is 0 Å². The van der Waals surface area contributed by atoms with Crippen molar-refractivity contribution >= 4 is 28.6 Å². The Morgan fingerprint density at radius 2 is 1.76 bits per heavy atom. The van der Waals surface area contributed by atoms with Crippen molar-refractivity contribution in [3.05, 3.63) is 94.3 Å². The molecule has 0 saturated carbocycles. The lowest BCUT2D eigenvalue weighted by Crippen LogP contribution is -2.30. The fraction of sp³-hybridized carbons (Fsp3) is 0.192. The van der Waals surface area contributed by atoms with Crippen molar-refractivity contribution in [1.82, 2.24) is 14.9 Å². The number of hydrogen-bond acceptors (Lipinski definition) is 5. The van der Waals surface area contributed by atoms with Crippen LogP contribution in [0.3, 0.4) is 0 Å². The van der Waals surface area contributed by atoms with E-state index in [4.69, 9.17) is 9.72 Å². The highest BCUT2D eigenvalue weighted by molar-refractivity contribution is 7.99. The lowest BCUT2D eigenvalue weighted by molar-refractivity contribution is -0.118. The second kappa shape index (κ2) is 10.4. The molecule has 0 atom stereocenters. The van der Waals surface area contributed by atoms with Crippen LogP contribution in [0.1, 0.15) is 11.1 Å². The van der Waals surface area contributed by atoms with Crippen molar-refractivity contribution in [1.29, 1.82) is 0 Å². The lowest BCUT2D eigenvalue weighted by atomic mass is 10.1. The summed E-state index contributed by atoms with van der Waals surface area (Å²) in [7, 11) is 0. The predicted molar refractivity (Wildman–Crippen MR) is 132 cm³/mol. The molecule has 0 aliphatic heterocycles. The van der Waals surface area contributed by atoms with E-state index < -0.39 is 0 Å². The van der Waals surface area contributed by atoms with E-state index in [1.807, 2.05) is 80.6 Å². The van der Waals surface area contributed by atoms with Crippen LogP contribution in [0.5, 0.6) is 5.75 Å². The van der Waals surface area contributed by atoms with Crippen LogP contribution in [0, 0.1) is 13.8 Å². The SMILES string of the molecule is Cc1cccc(-n2c(SCC(=O)NCCOc3ccccc3)nc3ccccc3c2=O)c1C. The summed E-state index contributed by atoms with van der Waals surface area (Å²) in [6.45, 7) is 4.77. The second-order valence-corrected chi connectivity index (χ2v) is 8.51. The number of nitrogens with zero attached hydrogens (tertiary/aromatic N) is 2. The molecule has 0 aliphatic rings. The van der Waals surface area contributed by atoms with Crippen LogP contribution in [-0.2, 0) is 4.79 Å². The fourth-order valence-electron chi connectivity index (χ4n) is 3.46. The van der Waals surface area contributed by atoms with Gasteiger partial charge in [-0.25, -0.2) is 4.98 Å². The maximum absolute atomic E-state index is 13.4. The molecular formula is C26H25N3O3S. The van der Waals surface area contributed by atoms with Gasteiger partial charge in [-0.2, -0.15) is 0 Å². The van der Waals surface area contributed by atoms with Crippen LogP contribution in [0.15, 0.2) is 82.7 Å². The van der Waals surface area contributed by atoms with Gasteiger partial charge in [-0.15, -0.1) is 0 Å². The van der Waals surface area contributed by atoms with Crippen LogP contribution >= 0.6 is 11.8 Å². The predicted octanol–water partition coefficient (Wildman–Crippen LogP) is 4.29. The van der Waals surface area contributed by atoms with Gasteiger partial charge in [0.15, 0.2) is 5.16 Å². The standard InChI is InChI=1S/C26H25N3O3S/c1-18-9-8-14-23(19(18)2)29-25(31)21-12-6-7-13-22(21)28-26(29)33-17-24(30)27-15-16-32-20-10-4-3-5-11-20/h3-14H,15-17H2,1-2H3,(H,27,30). The number of rotatable bonds is 8. The first-order valence-electron chi connectivity index (χ1n) is 10.7. The highest BCUT2D eigenvalue weighted by atomic mass is 32.2. The maximum atomic E-state index is 13.4. The van der Waals surface area contributed by atoms with Crippen molar-refractivity contribution in [3.8, 4) is 11.4 Å². The third kappa shape index (κ3) is 5.26.